The molecule has 2 aromatic rings. The topological polar surface area (TPSA) is 98.8 Å². The number of fused-ring (bicyclic) bond motifs is 1. The van der Waals surface area contributed by atoms with Gasteiger partial charge in [-0.25, -0.2) is 4.98 Å². The summed E-state index contributed by atoms with van der Waals surface area (Å²) in [6.07, 6.45) is 1.53. The predicted molar refractivity (Wildman–Crippen MR) is 93.3 cm³/mol. The summed E-state index contributed by atoms with van der Waals surface area (Å²) in [6, 6.07) is 8.60. The first-order chi connectivity index (χ1) is 12.5. The molecule has 1 aromatic carbocycles. The highest BCUT2D eigenvalue weighted by molar-refractivity contribution is 6.15. The van der Waals surface area contributed by atoms with Crippen molar-refractivity contribution < 1.29 is 23.8 Å². The normalized spacial score (nSPS) is 18.2. The summed E-state index contributed by atoms with van der Waals surface area (Å²) in [5, 5.41) is 5.31. The molecule has 0 aliphatic carbocycles. The van der Waals surface area contributed by atoms with Crippen molar-refractivity contribution >= 4 is 17.6 Å². The van der Waals surface area contributed by atoms with Gasteiger partial charge in [-0.2, -0.15) is 0 Å². The SMILES string of the molecule is COc1ccc(CNC(=O)[C@]2(C)Oc3cccnc3NC2=O)cc1OC. The zero-order valence-electron chi connectivity index (χ0n) is 14.7. The lowest BCUT2D eigenvalue weighted by atomic mass is 10.0. The van der Waals surface area contributed by atoms with Crippen LogP contribution in [0.15, 0.2) is 36.5 Å². The smallest absolute Gasteiger partial charge is 0.279 e. The third kappa shape index (κ3) is 3.13. The highest BCUT2D eigenvalue weighted by Crippen LogP contribution is 2.32. The number of carbonyl (C=O) groups is 2. The number of carbonyl (C=O) groups excluding carboxylic acids is 2. The number of amides is 2. The molecule has 1 atom stereocenters. The van der Waals surface area contributed by atoms with E-state index in [0.717, 1.165) is 5.56 Å². The van der Waals surface area contributed by atoms with E-state index in [2.05, 4.69) is 15.6 Å². The van der Waals surface area contributed by atoms with Gasteiger partial charge in [0.1, 0.15) is 0 Å². The number of rotatable bonds is 5. The first kappa shape index (κ1) is 17.5. The molecule has 0 fully saturated rings. The fraction of sp³-hybridized carbons (Fsp3) is 0.278. The summed E-state index contributed by atoms with van der Waals surface area (Å²) in [5.74, 6) is 0.650. The molecule has 0 bridgehead atoms. The zero-order chi connectivity index (χ0) is 18.7. The zero-order valence-corrected chi connectivity index (χ0v) is 14.7. The standard InChI is InChI=1S/C18H19N3O5/c1-18(17(23)21-15-13(26-18)5-4-8-19-15)16(22)20-10-11-6-7-12(24-2)14(9-11)25-3/h4-9H,10H2,1-3H3,(H,20,22)(H,19,21,23)/t18-/m0/s1. The maximum Gasteiger partial charge on any atom is 0.279 e. The summed E-state index contributed by atoms with van der Waals surface area (Å²) >= 11 is 0. The van der Waals surface area contributed by atoms with Crippen molar-refractivity contribution in [3.63, 3.8) is 0 Å². The van der Waals surface area contributed by atoms with Gasteiger partial charge in [-0.1, -0.05) is 6.07 Å². The molecule has 8 heteroatoms. The second-order valence-corrected chi connectivity index (χ2v) is 5.81. The molecule has 1 aliphatic heterocycles. The molecule has 1 aromatic heterocycles. The van der Waals surface area contributed by atoms with E-state index in [-0.39, 0.29) is 6.54 Å². The number of anilines is 1. The van der Waals surface area contributed by atoms with E-state index in [9.17, 15) is 9.59 Å². The number of ether oxygens (including phenoxy) is 3. The Morgan fingerprint density at radius 1 is 1.27 bits per heavy atom. The van der Waals surface area contributed by atoms with E-state index >= 15 is 0 Å². The Labute approximate surface area is 150 Å². The van der Waals surface area contributed by atoms with Gasteiger partial charge in [0.15, 0.2) is 23.1 Å². The molecule has 0 radical (unpaired) electrons. The summed E-state index contributed by atoms with van der Waals surface area (Å²) in [6.45, 7) is 1.62. The van der Waals surface area contributed by atoms with Crippen LogP contribution in [0.4, 0.5) is 5.82 Å². The van der Waals surface area contributed by atoms with E-state index < -0.39 is 17.4 Å². The highest BCUT2D eigenvalue weighted by atomic mass is 16.5. The number of hydrogen-bond donors (Lipinski definition) is 2. The Bertz CT molecular complexity index is 854. The average Bonchev–Trinajstić information content (AvgIpc) is 2.66. The van der Waals surface area contributed by atoms with Crippen LogP contribution in [0.1, 0.15) is 12.5 Å². The maximum absolute atomic E-state index is 12.6. The van der Waals surface area contributed by atoms with Gasteiger partial charge >= 0.3 is 0 Å². The largest absolute Gasteiger partial charge is 0.493 e. The van der Waals surface area contributed by atoms with Crippen LogP contribution in [-0.2, 0) is 16.1 Å². The van der Waals surface area contributed by atoms with Crippen LogP contribution in [0.5, 0.6) is 17.2 Å². The van der Waals surface area contributed by atoms with Crippen LogP contribution in [-0.4, -0.2) is 36.6 Å². The monoisotopic (exact) mass is 357 g/mol. The summed E-state index contributed by atoms with van der Waals surface area (Å²) in [4.78, 5) is 29.0. The Kier molecular flexibility index (Phi) is 4.66. The van der Waals surface area contributed by atoms with Gasteiger partial charge in [0.05, 0.1) is 14.2 Å². The third-order valence-electron chi connectivity index (χ3n) is 4.08. The quantitative estimate of drug-likeness (QED) is 0.787. The van der Waals surface area contributed by atoms with Gasteiger partial charge in [0.2, 0.25) is 0 Å². The summed E-state index contributed by atoms with van der Waals surface area (Å²) in [7, 11) is 3.08. The number of nitrogens with one attached hydrogen (secondary N) is 2. The van der Waals surface area contributed by atoms with Crippen molar-refractivity contribution in [2.24, 2.45) is 0 Å². The van der Waals surface area contributed by atoms with Crippen LogP contribution < -0.4 is 24.8 Å². The number of nitrogens with zero attached hydrogens (tertiary/aromatic N) is 1. The lowest BCUT2D eigenvalue weighted by Gasteiger charge is -2.32. The molecule has 0 unspecified atom stereocenters. The predicted octanol–water partition coefficient (Wildman–Crippen LogP) is 1.50. The Hall–Kier alpha value is -3.29. The number of pyridine rings is 1. The van der Waals surface area contributed by atoms with E-state index in [1.807, 2.05) is 0 Å². The van der Waals surface area contributed by atoms with Crippen molar-refractivity contribution in [2.75, 3.05) is 19.5 Å². The fourth-order valence-electron chi connectivity index (χ4n) is 2.55. The third-order valence-corrected chi connectivity index (χ3v) is 4.08. The van der Waals surface area contributed by atoms with Gasteiger partial charge in [-0.3, -0.25) is 9.59 Å². The lowest BCUT2D eigenvalue weighted by Crippen LogP contribution is -2.58. The number of aromatic nitrogens is 1. The molecule has 2 heterocycles. The van der Waals surface area contributed by atoms with Crippen LogP contribution in [0, 0.1) is 0 Å². The number of benzene rings is 1. The molecule has 8 nitrogen and oxygen atoms in total. The van der Waals surface area contributed by atoms with Crippen molar-refractivity contribution in [3.05, 3.63) is 42.1 Å². The molecule has 136 valence electrons. The van der Waals surface area contributed by atoms with Crippen LogP contribution >= 0.6 is 0 Å². The van der Waals surface area contributed by atoms with E-state index in [1.54, 1.807) is 37.4 Å². The molecule has 2 N–H and O–H groups in total. The van der Waals surface area contributed by atoms with Crippen molar-refractivity contribution in [3.8, 4) is 17.2 Å². The second kappa shape index (κ2) is 6.91. The maximum atomic E-state index is 12.6. The van der Waals surface area contributed by atoms with Gasteiger partial charge in [-0.05, 0) is 36.8 Å². The minimum Gasteiger partial charge on any atom is -0.493 e. The minimum atomic E-state index is -1.69. The Morgan fingerprint density at radius 3 is 2.77 bits per heavy atom. The molecular formula is C18H19N3O5. The van der Waals surface area contributed by atoms with E-state index in [4.69, 9.17) is 14.2 Å². The van der Waals surface area contributed by atoms with Crippen molar-refractivity contribution in [1.29, 1.82) is 0 Å². The first-order valence-corrected chi connectivity index (χ1v) is 7.92. The second-order valence-electron chi connectivity index (χ2n) is 5.81. The Morgan fingerprint density at radius 2 is 2.04 bits per heavy atom. The molecule has 2 amide bonds. The Balaban J connectivity index is 1.73. The van der Waals surface area contributed by atoms with Gasteiger partial charge < -0.3 is 24.8 Å². The van der Waals surface area contributed by atoms with Crippen LogP contribution in [0.25, 0.3) is 0 Å². The first-order valence-electron chi connectivity index (χ1n) is 7.92. The molecule has 0 saturated heterocycles. The van der Waals surface area contributed by atoms with Crippen molar-refractivity contribution in [2.45, 2.75) is 19.1 Å². The van der Waals surface area contributed by atoms with E-state index in [0.29, 0.717) is 23.1 Å². The van der Waals surface area contributed by atoms with Gasteiger partial charge in [0.25, 0.3) is 17.4 Å². The molecular weight excluding hydrogens is 338 g/mol. The average molecular weight is 357 g/mol. The van der Waals surface area contributed by atoms with E-state index in [1.165, 1.54) is 20.2 Å². The summed E-state index contributed by atoms with van der Waals surface area (Å²) < 4.78 is 16.1. The highest BCUT2D eigenvalue weighted by Gasteiger charge is 2.47. The lowest BCUT2D eigenvalue weighted by molar-refractivity contribution is -0.146. The summed E-state index contributed by atoms with van der Waals surface area (Å²) in [5.41, 5.74) is -0.898. The van der Waals surface area contributed by atoms with Crippen LogP contribution in [0.2, 0.25) is 0 Å². The van der Waals surface area contributed by atoms with Gasteiger partial charge in [-0.15, -0.1) is 0 Å². The molecule has 0 spiro atoms. The fourth-order valence-corrected chi connectivity index (χ4v) is 2.55. The molecule has 1 aliphatic rings. The van der Waals surface area contributed by atoms with Crippen LogP contribution in [0.3, 0.4) is 0 Å². The van der Waals surface area contributed by atoms with Gasteiger partial charge in [0, 0.05) is 12.7 Å². The molecule has 26 heavy (non-hydrogen) atoms. The molecule has 3 rings (SSSR count). The van der Waals surface area contributed by atoms with Crippen molar-refractivity contribution in [1.82, 2.24) is 10.3 Å². The number of methoxy groups -OCH3 is 2. The number of hydrogen-bond acceptors (Lipinski definition) is 6. The minimum absolute atomic E-state index is 0.200. The molecule has 0 saturated carbocycles.